The summed E-state index contributed by atoms with van der Waals surface area (Å²) in [6, 6.07) is 4.56. The largest absolute Gasteiger partial charge is 0.444 e. The second-order valence-corrected chi connectivity index (χ2v) is 8.96. The van der Waals surface area contributed by atoms with Gasteiger partial charge < -0.3 is 14.5 Å². The number of carbonyl (C=O) groups is 2. The molecule has 2 heterocycles. The van der Waals surface area contributed by atoms with Gasteiger partial charge in [0.25, 0.3) is 5.69 Å². The van der Waals surface area contributed by atoms with Crippen LogP contribution < -0.4 is 4.90 Å². The van der Waals surface area contributed by atoms with Gasteiger partial charge in [0, 0.05) is 37.0 Å². The molecule has 8 nitrogen and oxygen atoms in total. The van der Waals surface area contributed by atoms with Gasteiger partial charge in [-0.05, 0) is 59.1 Å². The third kappa shape index (κ3) is 3.55. The maximum atomic E-state index is 13.1. The van der Waals surface area contributed by atoms with Gasteiger partial charge in [0.15, 0.2) is 0 Å². The van der Waals surface area contributed by atoms with Crippen molar-refractivity contribution >= 4 is 23.4 Å². The van der Waals surface area contributed by atoms with Crippen molar-refractivity contribution in [3.8, 4) is 0 Å². The minimum Gasteiger partial charge on any atom is -0.444 e. The molecule has 1 aromatic rings. The van der Waals surface area contributed by atoms with E-state index in [9.17, 15) is 19.7 Å². The molecular weight excluding hydrogens is 362 g/mol. The Bertz CT molecular complexity index is 820. The fraction of sp³-hybridized carbons (Fsp3) is 0.600. The van der Waals surface area contributed by atoms with Crippen LogP contribution in [0.3, 0.4) is 0 Å². The van der Waals surface area contributed by atoms with Gasteiger partial charge in [0.2, 0.25) is 5.91 Å². The summed E-state index contributed by atoms with van der Waals surface area (Å²) in [5, 5.41) is 11.1. The molecule has 8 heteroatoms. The monoisotopic (exact) mass is 389 g/mol. The van der Waals surface area contributed by atoms with Crippen LogP contribution in [-0.2, 0) is 14.9 Å². The highest BCUT2D eigenvalue weighted by molar-refractivity contribution is 6.08. The number of non-ortho nitro benzene ring substituents is 1. The first-order valence-corrected chi connectivity index (χ1v) is 9.52. The van der Waals surface area contributed by atoms with Gasteiger partial charge in [-0.25, -0.2) is 4.79 Å². The van der Waals surface area contributed by atoms with E-state index >= 15 is 0 Å². The van der Waals surface area contributed by atoms with Crippen LogP contribution in [0, 0.1) is 10.1 Å². The maximum Gasteiger partial charge on any atom is 0.410 e. The summed E-state index contributed by atoms with van der Waals surface area (Å²) in [4.78, 5) is 39.5. The molecule has 2 aliphatic heterocycles. The Hall–Kier alpha value is -2.64. The quantitative estimate of drug-likeness (QED) is 0.569. The average molecular weight is 389 g/mol. The lowest BCUT2D eigenvalue weighted by molar-refractivity contribution is -0.384. The zero-order chi connectivity index (χ0) is 20.9. The summed E-state index contributed by atoms with van der Waals surface area (Å²) < 4.78 is 5.43. The molecule has 0 saturated carbocycles. The highest BCUT2D eigenvalue weighted by Gasteiger charge is 2.47. The molecule has 1 aromatic carbocycles. The number of benzene rings is 1. The third-order valence-electron chi connectivity index (χ3n) is 5.36. The Kier molecular flexibility index (Phi) is 4.85. The number of anilines is 1. The number of nitrogens with zero attached hydrogens (tertiary/aromatic N) is 3. The second kappa shape index (κ2) is 6.76. The van der Waals surface area contributed by atoms with Crippen LogP contribution in [-0.4, -0.2) is 46.6 Å². The molecule has 28 heavy (non-hydrogen) atoms. The van der Waals surface area contributed by atoms with Crippen molar-refractivity contribution in [2.75, 3.05) is 18.0 Å². The molecular formula is C20H27N3O5. The fourth-order valence-electron chi connectivity index (χ4n) is 3.87. The summed E-state index contributed by atoms with van der Waals surface area (Å²) in [6.45, 7) is 10.1. The first-order valence-electron chi connectivity index (χ1n) is 9.52. The Morgan fingerprint density at radius 3 is 2.39 bits per heavy atom. The number of rotatable bonds is 2. The minimum absolute atomic E-state index is 0.0128. The topological polar surface area (TPSA) is 93.0 Å². The van der Waals surface area contributed by atoms with Crippen molar-refractivity contribution in [1.29, 1.82) is 0 Å². The lowest BCUT2D eigenvalue weighted by atomic mass is 9.86. The van der Waals surface area contributed by atoms with Crippen LogP contribution in [0.25, 0.3) is 0 Å². The normalized spacial score (nSPS) is 19.5. The van der Waals surface area contributed by atoms with Gasteiger partial charge in [-0.2, -0.15) is 0 Å². The van der Waals surface area contributed by atoms with Crippen LogP contribution in [0.1, 0.15) is 53.0 Å². The van der Waals surface area contributed by atoms with Crippen molar-refractivity contribution in [2.45, 2.75) is 64.5 Å². The van der Waals surface area contributed by atoms with E-state index in [-0.39, 0.29) is 23.7 Å². The lowest BCUT2D eigenvalue weighted by Gasteiger charge is -2.38. The molecule has 2 aliphatic rings. The zero-order valence-electron chi connectivity index (χ0n) is 17.0. The number of hydrogen-bond donors (Lipinski definition) is 0. The number of likely N-dealkylation sites (tertiary alicyclic amines) is 1. The highest BCUT2D eigenvalue weighted by Crippen LogP contribution is 2.45. The smallest absolute Gasteiger partial charge is 0.410 e. The molecule has 152 valence electrons. The number of amides is 2. The van der Waals surface area contributed by atoms with Gasteiger partial charge >= 0.3 is 6.09 Å². The Morgan fingerprint density at radius 2 is 1.86 bits per heavy atom. The molecule has 3 rings (SSSR count). The van der Waals surface area contributed by atoms with Gasteiger partial charge in [0.05, 0.1) is 10.3 Å². The molecule has 2 amide bonds. The number of nitro groups is 1. The van der Waals surface area contributed by atoms with Gasteiger partial charge in [0.1, 0.15) is 5.60 Å². The number of fused-ring (bicyclic) bond motifs is 1. The molecule has 0 aromatic heterocycles. The second-order valence-electron chi connectivity index (χ2n) is 8.96. The molecule has 0 radical (unpaired) electrons. The minimum atomic E-state index is -0.816. The molecule has 0 aliphatic carbocycles. The van der Waals surface area contributed by atoms with Crippen molar-refractivity contribution in [2.24, 2.45) is 0 Å². The number of carbonyl (C=O) groups excluding carboxylic acids is 2. The third-order valence-corrected chi connectivity index (χ3v) is 5.36. The van der Waals surface area contributed by atoms with Crippen LogP contribution in [0.2, 0.25) is 0 Å². The van der Waals surface area contributed by atoms with E-state index < -0.39 is 15.9 Å². The first kappa shape index (κ1) is 20.1. The van der Waals surface area contributed by atoms with Crippen molar-refractivity contribution in [3.63, 3.8) is 0 Å². The molecule has 0 bridgehead atoms. The Balaban J connectivity index is 1.78. The standard InChI is InChI=1S/C20H27N3O5/c1-19(2,3)28-18(25)21-10-8-13(9-11-21)22-16-7-6-14(23(26)27)12-15(16)20(4,5)17(22)24/h6-7,12-13H,8-11H2,1-5H3. The predicted octanol–water partition coefficient (Wildman–Crippen LogP) is 3.62. The number of ether oxygens (including phenoxy) is 1. The molecule has 1 saturated heterocycles. The van der Waals surface area contributed by atoms with E-state index in [2.05, 4.69) is 0 Å². The lowest BCUT2D eigenvalue weighted by Crippen LogP contribution is -2.50. The highest BCUT2D eigenvalue weighted by atomic mass is 16.6. The number of nitro benzene ring substituents is 1. The summed E-state index contributed by atoms with van der Waals surface area (Å²) in [5.74, 6) is -0.0567. The van der Waals surface area contributed by atoms with Gasteiger partial charge in [-0.15, -0.1) is 0 Å². The molecule has 0 spiro atoms. The number of hydrogen-bond acceptors (Lipinski definition) is 5. The first-order chi connectivity index (χ1) is 12.9. The summed E-state index contributed by atoms with van der Waals surface area (Å²) >= 11 is 0. The summed E-state index contributed by atoms with van der Waals surface area (Å²) in [7, 11) is 0. The Labute approximate surface area is 164 Å². The van der Waals surface area contributed by atoms with E-state index in [1.807, 2.05) is 20.8 Å². The van der Waals surface area contributed by atoms with Crippen LogP contribution in [0.4, 0.5) is 16.2 Å². The van der Waals surface area contributed by atoms with E-state index in [1.54, 1.807) is 29.7 Å². The van der Waals surface area contributed by atoms with E-state index in [0.717, 1.165) is 5.69 Å². The van der Waals surface area contributed by atoms with Crippen molar-refractivity contribution in [1.82, 2.24) is 4.90 Å². The van der Waals surface area contributed by atoms with Crippen LogP contribution in [0.15, 0.2) is 18.2 Å². The molecule has 1 fully saturated rings. The van der Waals surface area contributed by atoms with Crippen LogP contribution in [0.5, 0.6) is 0 Å². The molecule has 0 atom stereocenters. The van der Waals surface area contributed by atoms with Gasteiger partial charge in [-0.1, -0.05) is 0 Å². The number of piperidine rings is 1. The maximum absolute atomic E-state index is 13.1. The van der Waals surface area contributed by atoms with Crippen molar-refractivity contribution in [3.05, 3.63) is 33.9 Å². The van der Waals surface area contributed by atoms with E-state index in [1.165, 1.54) is 12.1 Å². The summed E-state index contributed by atoms with van der Waals surface area (Å²) in [5.41, 5.74) is 0.0407. The predicted molar refractivity (Wildman–Crippen MR) is 104 cm³/mol. The van der Waals surface area contributed by atoms with Gasteiger partial charge in [-0.3, -0.25) is 14.9 Å². The van der Waals surface area contributed by atoms with Crippen LogP contribution >= 0.6 is 0 Å². The molecule has 0 N–H and O–H groups in total. The average Bonchev–Trinajstić information content (AvgIpc) is 2.80. The zero-order valence-corrected chi connectivity index (χ0v) is 17.0. The van der Waals surface area contributed by atoms with E-state index in [0.29, 0.717) is 31.5 Å². The fourth-order valence-corrected chi connectivity index (χ4v) is 3.87. The van der Waals surface area contributed by atoms with E-state index in [4.69, 9.17) is 4.74 Å². The molecule has 0 unspecified atom stereocenters. The Morgan fingerprint density at radius 1 is 1.25 bits per heavy atom. The SMILES string of the molecule is CC(C)(C)OC(=O)N1CCC(N2C(=O)C(C)(C)c3cc([N+](=O)[O-])ccc32)CC1. The summed E-state index contributed by atoms with van der Waals surface area (Å²) in [6.07, 6.45) is 0.935. The van der Waals surface area contributed by atoms with Crippen molar-refractivity contribution < 1.29 is 19.2 Å².